The predicted molar refractivity (Wildman–Crippen MR) is 107 cm³/mol. The largest absolute Gasteiger partial charge is 0.265 e. The zero-order valence-electron chi connectivity index (χ0n) is 14.7. The Morgan fingerprint density at radius 1 is 0.852 bits per heavy atom. The first-order chi connectivity index (χ1) is 13.1. The highest BCUT2D eigenvalue weighted by Gasteiger charge is 2.22. The molecule has 0 amide bonds. The third kappa shape index (κ3) is 3.64. The SMILES string of the molecule is CS(=O)c1ccc(C2=NC(c3ccc(F)cc3)=C(c3ccncc3)C2)cc1. The second-order valence-corrected chi connectivity index (χ2v) is 7.66. The Morgan fingerprint density at radius 2 is 1.48 bits per heavy atom. The first-order valence-electron chi connectivity index (χ1n) is 8.53. The standard InChI is InChI=1S/C22H17FN2OS/c1-27(26)19-8-4-16(5-9-19)21-14-20(15-10-12-24-13-11-15)22(25-21)17-2-6-18(23)7-3-17/h2-13H,14H2,1H3. The molecular weight excluding hydrogens is 359 g/mol. The minimum Gasteiger partial charge on any atom is -0.265 e. The molecular formula is C22H17FN2OS. The number of aromatic nitrogens is 1. The topological polar surface area (TPSA) is 42.3 Å². The molecule has 2 heterocycles. The number of rotatable bonds is 4. The molecule has 5 heteroatoms. The van der Waals surface area contributed by atoms with Crippen molar-refractivity contribution in [1.82, 2.24) is 4.98 Å². The maximum absolute atomic E-state index is 13.4. The van der Waals surface area contributed by atoms with Crippen LogP contribution in [0.3, 0.4) is 0 Å². The predicted octanol–water partition coefficient (Wildman–Crippen LogP) is 4.72. The minimum atomic E-state index is -1.01. The summed E-state index contributed by atoms with van der Waals surface area (Å²) in [4.78, 5) is 9.75. The molecule has 1 aliphatic heterocycles. The Balaban J connectivity index is 1.76. The van der Waals surface area contributed by atoms with E-state index >= 15 is 0 Å². The average molecular weight is 376 g/mol. The van der Waals surface area contributed by atoms with Crippen LogP contribution in [0.25, 0.3) is 11.3 Å². The van der Waals surface area contributed by atoms with Crippen LogP contribution >= 0.6 is 0 Å². The van der Waals surface area contributed by atoms with Crippen LogP contribution in [0.15, 0.2) is 82.9 Å². The molecule has 1 aromatic heterocycles. The molecule has 0 spiro atoms. The van der Waals surface area contributed by atoms with Gasteiger partial charge >= 0.3 is 0 Å². The van der Waals surface area contributed by atoms with Gasteiger partial charge in [-0.3, -0.25) is 14.2 Å². The van der Waals surface area contributed by atoms with Crippen molar-refractivity contribution in [3.63, 3.8) is 0 Å². The molecule has 1 unspecified atom stereocenters. The van der Waals surface area contributed by atoms with Crippen molar-refractivity contribution in [1.29, 1.82) is 0 Å². The third-order valence-corrected chi connectivity index (χ3v) is 5.48. The second kappa shape index (κ2) is 7.37. The van der Waals surface area contributed by atoms with Gasteiger partial charge in [0.1, 0.15) is 5.82 Å². The zero-order chi connectivity index (χ0) is 18.8. The monoisotopic (exact) mass is 376 g/mol. The number of aliphatic imine (C=N–C) groups is 1. The smallest absolute Gasteiger partial charge is 0.123 e. The number of halogens is 1. The number of pyridine rings is 1. The maximum Gasteiger partial charge on any atom is 0.123 e. The highest BCUT2D eigenvalue weighted by atomic mass is 32.2. The van der Waals surface area contributed by atoms with Crippen LogP contribution in [0.1, 0.15) is 23.1 Å². The van der Waals surface area contributed by atoms with Gasteiger partial charge in [0.2, 0.25) is 0 Å². The summed E-state index contributed by atoms with van der Waals surface area (Å²) in [5, 5.41) is 0. The number of hydrogen-bond acceptors (Lipinski definition) is 3. The van der Waals surface area contributed by atoms with Gasteiger partial charge in [0.25, 0.3) is 0 Å². The van der Waals surface area contributed by atoms with E-state index in [0.717, 1.165) is 38.6 Å². The number of allylic oxidation sites excluding steroid dienone is 1. The fourth-order valence-electron chi connectivity index (χ4n) is 3.14. The van der Waals surface area contributed by atoms with Crippen LogP contribution in [0.5, 0.6) is 0 Å². The Bertz CT molecular complexity index is 1060. The number of hydrogen-bond donors (Lipinski definition) is 0. The van der Waals surface area contributed by atoms with Crippen molar-refractivity contribution in [3.8, 4) is 0 Å². The molecule has 3 nitrogen and oxygen atoms in total. The fourth-order valence-corrected chi connectivity index (χ4v) is 3.66. The van der Waals surface area contributed by atoms with Gasteiger partial charge in [-0.05, 0) is 65.2 Å². The van der Waals surface area contributed by atoms with Crippen LogP contribution in [0, 0.1) is 5.82 Å². The van der Waals surface area contributed by atoms with E-state index in [1.807, 2.05) is 36.4 Å². The summed E-state index contributed by atoms with van der Waals surface area (Å²) in [7, 11) is -1.01. The van der Waals surface area contributed by atoms with Gasteiger partial charge in [0.05, 0.1) is 11.4 Å². The Labute approximate surface area is 159 Å². The van der Waals surface area contributed by atoms with Crippen molar-refractivity contribution in [3.05, 3.63) is 95.6 Å². The molecule has 0 saturated carbocycles. The summed E-state index contributed by atoms with van der Waals surface area (Å²) in [6.07, 6.45) is 5.85. The van der Waals surface area contributed by atoms with Crippen LogP contribution in [0.4, 0.5) is 4.39 Å². The molecule has 0 bridgehead atoms. The Kier molecular flexibility index (Phi) is 4.77. The van der Waals surface area contributed by atoms with E-state index < -0.39 is 10.8 Å². The molecule has 4 rings (SSSR count). The van der Waals surface area contributed by atoms with E-state index in [4.69, 9.17) is 4.99 Å². The van der Waals surface area contributed by atoms with E-state index in [2.05, 4.69) is 4.98 Å². The highest BCUT2D eigenvalue weighted by molar-refractivity contribution is 7.84. The van der Waals surface area contributed by atoms with Crippen LogP contribution in [0.2, 0.25) is 0 Å². The average Bonchev–Trinajstić information content (AvgIpc) is 3.15. The van der Waals surface area contributed by atoms with Crippen molar-refractivity contribution in [2.24, 2.45) is 4.99 Å². The molecule has 1 aliphatic rings. The first kappa shape index (κ1) is 17.5. The second-order valence-electron chi connectivity index (χ2n) is 6.28. The first-order valence-corrected chi connectivity index (χ1v) is 10.1. The van der Waals surface area contributed by atoms with E-state index in [1.165, 1.54) is 12.1 Å². The maximum atomic E-state index is 13.4. The van der Waals surface area contributed by atoms with Gasteiger partial charge in [-0.25, -0.2) is 4.39 Å². The summed E-state index contributed by atoms with van der Waals surface area (Å²) < 4.78 is 25.0. The summed E-state index contributed by atoms with van der Waals surface area (Å²) in [6.45, 7) is 0. The molecule has 1 atom stereocenters. The van der Waals surface area contributed by atoms with Crippen LogP contribution in [-0.2, 0) is 10.8 Å². The Morgan fingerprint density at radius 3 is 2.11 bits per heavy atom. The third-order valence-electron chi connectivity index (χ3n) is 4.54. The number of nitrogens with zero attached hydrogens (tertiary/aromatic N) is 2. The van der Waals surface area contributed by atoms with Gasteiger partial charge in [0.15, 0.2) is 0 Å². The summed E-state index contributed by atoms with van der Waals surface area (Å²) in [6, 6.07) is 18.0. The summed E-state index contributed by atoms with van der Waals surface area (Å²) >= 11 is 0. The number of benzene rings is 2. The quantitative estimate of drug-likeness (QED) is 0.661. The van der Waals surface area contributed by atoms with E-state index in [9.17, 15) is 8.60 Å². The Hall–Kier alpha value is -2.92. The van der Waals surface area contributed by atoms with E-state index in [0.29, 0.717) is 6.42 Å². The van der Waals surface area contributed by atoms with Gasteiger partial charge in [-0.15, -0.1) is 0 Å². The van der Waals surface area contributed by atoms with Gasteiger partial charge in [-0.1, -0.05) is 12.1 Å². The lowest BCUT2D eigenvalue weighted by molar-refractivity contribution is 0.627. The lowest BCUT2D eigenvalue weighted by Crippen LogP contribution is -1.99. The van der Waals surface area contributed by atoms with Crippen LogP contribution < -0.4 is 0 Å². The lowest BCUT2D eigenvalue weighted by Gasteiger charge is -2.06. The lowest BCUT2D eigenvalue weighted by atomic mass is 9.97. The van der Waals surface area contributed by atoms with Crippen LogP contribution in [-0.4, -0.2) is 21.2 Å². The summed E-state index contributed by atoms with van der Waals surface area (Å²) in [5.74, 6) is -0.268. The molecule has 3 aromatic rings. The van der Waals surface area contributed by atoms with Gasteiger partial charge < -0.3 is 0 Å². The molecule has 0 radical (unpaired) electrons. The zero-order valence-corrected chi connectivity index (χ0v) is 15.5. The highest BCUT2D eigenvalue weighted by Crippen LogP contribution is 2.37. The van der Waals surface area contributed by atoms with E-state index in [-0.39, 0.29) is 5.82 Å². The molecule has 0 N–H and O–H groups in total. The molecule has 0 saturated heterocycles. The van der Waals surface area contributed by atoms with E-state index in [1.54, 1.807) is 30.8 Å². The van der Waals surface area contributed by atoms with Crippen molar-refractivity contribution in [2.45, 2.75) is 11.3 Å². The molecule has 27 heavy (non-hydrogen) atoms. The molecule has 134 valence electrons. The molecule has 0 aliphatic carbocycles. The molecule has 0 fully saturated rings. The van der Waals surface area contributed by atoms with Crippen molar-refractivity contribution >= 4 is 27.8 Å². The fraction of sp³-hybridized carbons (Fsp3) is 0.0909. The van der Waals surface area contributed by atoms with Gasteiger partial charge in [-0.2, -0.15) is 0 Å². The van der Waals surface area contributed by atoms with Crippen molar-refractivity contribution < 1.29 is 8.60 Å². The summed E-state index contributed by atoms with van der Waals surface area (Å²) in [5.41, 5.74) is 5.79. The minimum absolute atomic E-state index is 0.268. The van der Waals surface area contributed by atoms with Gasteiger partial charge in [0, 0.05) is 46.3 Å². The van der Waals surface area contributed by atoms with Crippen molar-refractivity contribution in [2.75, 3.05) is 6.26 Å². The molecule has 2 aromatic carbocycles. The normalized spacial score (nSPS) is 15.0.